The van der Waals surface area contributed by atoms with Crippen molar-refractivity contribution in [3.05, 3.63) is 35.9 Å². The molecule has 0 saturated carbocycles. The molecule has 2 aromatic rings. The molecule has 1 aromatic carbocycles. The summed E-state index contributed by atoms with van der Waals surface area (Å²) < 4.78 is 37.7. The van der Waals surface area contributed by atoms with Gasteiger partial charge in [0.15, 0.2) is 0 Å². The molecule has 0 aliphatic carbocycles. The van der Waals surface area contributed by atoms with Crippen molar-refractivity contribution < 1.29 is 17.9 Å². The summed E-state index contributed by atoms with van der Waals surface area (Å²) in [6, 6.07) is 3.19. The topological polar surface area (TPSA) is 70.4 Å². The van der Waals surface area contributed by atoms with Crippen molar-refractivity contribution in [2.24, 2.45) is 0 Å². The van der Waals surface area contributed by atoms with Crippen molar-refractivity contribution in [3.63, 3.8) is 0 Å². The molecule has 0 amide bonds. The number of ether oxygens (including phenoxy) is 2. The molecule has 0 bridgehead atoms. The van der Waals surface area contributed by atoms with Crippen molar-refractivity contribution >= 4 is 10.0 Å². The van der Waals surface area contributed by atoms with Gasteiger partial charge in [-0.05, 0) is 39.3 Å². The summed E-state index contributed by atoms with van der Waals surface area (Å²) in [6.07, 6.45) is 2.74. The molecule has 0 fully saturated rings. The van der Waals surface area contributed by atoms with Crippen LogP contribution in [0.4, 0.5) is 0 Å². The third kappa shape index (κ3) is 3.09. The molecule has 0 atom stereocenters. The molecule has 1 heterocycles. The van der Waals surface area contributed by atoms with Gasteiger partial charge in [-0.3, -0.25) is 0 Å². The first kappa shape index (κ1) is 16.4. The summed E-state index contributed by atoms with van der Waals surface area (Å²) in [5.41, 5.74) is 1.45. The van der Waals surface area contributed by atoms with E-state index >= 15 is 0 Å². The number of hydrogen-bond acceptors (Lipinski definition) is 5. The van der Waals surface area contributed by atoms with E-state index in [0.29, 0.717) is 30.4 Å². The van der Waals surface area contributed by atoms with Crippen LogP contribution in [0.3, 0.4) is 0 Å². The van der Waals surface area contributed by atoms with Crippen LogP contribution in [-0.2, 0) is 10.0 Å². The average molecular weight is 324 g/mol. The van der Waals surface area contributed by atoms with Gasteiger partial charge >= 0.3 is 0 Å². The second kappa shape index (κ2) is 6.39. The van der Waals surface area contributed by atoms with Crippen molar-refractivity contribution in [1.29, 1.82) is 0 Å². The van der Waals surface area contributed by atoms with Crippen molar-refractivity contribution in [2.45, 2.75) is 32.6 Å². The normalized spacial score (nSPS) is 11.5. The molecule has 2 rings (SSSR count). The number of imidazole rings is 1. The smallest absolute Gasteiger partial charge is 0.272 e. The highest BCUT2D eigenvalue weighted by Crippen LogP contribution is 2.33. The summed E-state index contributed by atoms with van der Waals surface area (Å²) in [5.74, 6) is 0.844. The SMILES string of the molecule is CCOc1cc(S(=O)(=O)n2cnc(C)c2)c(OCC)cc1C. The number of hydrogen-bond donors (Lipinski definition) is 0. The molecule has 22 heavy (non-hydrogen) atoms. The van der Waals surface area contributed by atoms with Crippen LogP contribution in [0.1, 0.15) is 25.1 Å². The third-order valence-corrected chi connectivity index (χ3v) is 4.72. The van der Waals surface area contributed by atoms with Crippen LogP contribution in [-0.4, -0.2) is 30.6 Å². The maximum atomic E-state index is 12.8. The fourth-order valence-electron chi connectivity index (χ4n) is 2.07. The summed E-state index contributed by atoms with van der Waals surface area (Å²) >= 11 is 0. The van der Waals surface area contributed by atoms with E-state index < -0.39 is 10.0 Å². The standard InChI is InChI=1S/C15H20N2O4S/c1-5-20-13-8-15(14(21-6-2)7-11(13)3)22(18,19)17-9-12(4)16-10-17/h7-10H,5-6H2,1-4H3. The van der Waals surface area contributed by atoms with Crippen molar-refractivity contribution in [2.75, 3.05) is 13.2 Å². The Balaban J connectivity index is 2.63. The Labute approximate surface area is 130 Å². The second-order valence-corrected chi connectivity index (χ2v) is 6.59. The second-order valence-electron chi connectivity index (χ2n) is 4.78. The van der Waals surface area contributed by atoms with E-state index in [9.17, 15) is 8.42 Å². The summed E-state index contributed by atoms with van der Waals surface area (Å²) in [5, 5.41) is 0. The minimum Gasteiger partial charge on any atom is -0.494 e. The monoisotopic (exact) mass is 324 g/mol. The zero-order chi connectivity index (χ0) is 16.3. The molecular formula is C15H20N2O4S. The van der Waals surface area contributed by atoms with Gasteiger partial charge in [0.25, 0.3) is 10.0 Å². The van der Waals surface area contributed by atoms with Gasteiger partial charge in [0.05, 0.1) is 18.9 Å². The Bertz CT molecular complexity index is 766. The van der Waals surface area contributed by atoms with Crippen molar-refractivity contribution in [1.82, 2.24) is 8.96 Å². The fourth-order valence-corrected chi connectivity index (χ4v) is 3.39. The van der Waals surface area contributed by atoms with Crippen LogP contribution in [0.2, 0.25) is 0 Å². The van der Waals surface area contributed by atoms with Gasteiger partial charge in [-0.25, -0.2) is 17.4 Å². The van der Waals surface area contributed by atoms with Gasteiger partial charge < -0.3 is 9.47 Å². The van der Waals surface area contributed by atoms with Crippen LogP contribution in [0.5, 0.6) is 11.5 Å². The minimum atomic E-state index is -3.78. The Hall–Kier alpha value is -2.02. The maximum absolute atomic E-state index is 12.8. The number of nitrogens with zero attached hydrogens (tertiary/aromatic N) is 2. The molecule has 7 heteroatoms. The Morgan fingerprint density at radius 2 is 1.73 bits per heavy atom. The van der Waals surface area contributed by atoms with Gasteiger partial charge in [-0.2, -0.15) is 0 Å². The van der Waals surface area contributed by atoms with E-state index in [-0.39, 0.29) is 4.90 Å². The molecule has 0 N–H and O–H groups in total. The van der Waals surface area contributed by atoms with Crippen LogP contribution >= 0.6 is 0 Å². The Kier molecular flexibility index (Phi) is 4.75. The lowest BCUT2D eigenvalue weighted by Gasteiger charge is -2.15. The average Bonchev–Trinajstić information content (AvgIpc) is 2.89. The molecule has 0 radical (unpaired) electrons. The quantitative estimate of drug-likeness (QED) is 0.816. The molecule has 0 spiro atoms. The van der Waals surface area contributed by atoms with Gasteiger partial charge in [-0.15, -0.1) is 0 Å². The Morgan fingerprint density at radius 1 is 1.09 bits per heavy atom. The first-order valence-corrected chi connectivity index (χ1v) is 8.50. The number of aryl methyl sites for hydroxylation is 2. The predicted octanol–water partition coefficient (Wildman–Crippen LogP) is 2.53. The molecule has 0 saturated heterocycles. The zero-order valence-electron chi connectivity index (χ0n) is 13.2. The molecular weight excluding hydrogens is 304 g/mol. The molecule has 0 aliphatic rings. The van der Waals surface area contributed by atoms with Crippen LogP contribution in [0.15, 0.2) is 29.6 Å². The van der Waals surface area contributed by atoms with E-state index in [2.05, 4.69) is 4.98 Å². The Morgan fingerprint density at radius 3 is 2.27 bits per heavy atom. The van der Waals surface area contributed by atoms with E-state index in [0.717, 1.165) is 9.54 Å². The number of benzene rings is 1. The van der Waals surface area contributed by atoms with Crippen LogP contribution < -0.4 is 9.47 Å². The fraction of sp³-hybridized carbons (Fsp3) is 0.400. The van der Waals surface area contributed by atoms with Gasteiger partial charge in [0, 0.05) is 12.3 Å². The molecule has 6 nitrogen and oxygen atoms in total. The van der Waals surface area contributed by atoms with Gasteiger partial charge in [0.1, 0.15) is 22.7 Å². The van der Waals surface area contributed by atoms with E-state index in [4.69, 9.17) is 9.47 Å². The highest BCUT2D eigenvalue weighted by atomic mass is 32.2. The minimum absolute atomic E-state index is 0.0702. The summed E-state index contributed by atoms with van der Waals surface area (Å²) in [7, 11) is -3.78. The first-order valence-electron chi connectivity index (χ1n) is 7.06. The molecule has 0 unspecified atom stereocenters. The molecule has 0 aliphatic heterocycles. The van der Waals surface area contributed by atoms with Crippen LogP contribution in [0.25, 0.3) is 0 Å². The number of rotatable bonds is 6. The lowest BCUT2D eigenvalue weighted by molar-refractivity contribution is 0.320. The van der Waals surface area contributed by atoms with E-state index in [1.807, 2.05) is 20.8 Å². The largest absolute Gasteiger partial charge is 0.494 e. The highest BCUT2D eigenvalue weighted by Gasteiger charge is 2.24. The molecule has 1 aromatic heterocycles. The number of aromatic nitrogens is 2. The lowest BCUT2D eigenvalue weighted by Crippen LogP contribution is -2.13. The van der Waals surface area contributed by atoms with Gasteiger partial charge in [0.2, 0.25) is 0 Å². The lowest BCUT2D eigenvalue weighted by atomic mass is 10.2. The zero-order valence-corrected chi connectivity index (χ0v) is 14.0. The first-order chi connectivity index (χ1) is 10.4. The van der Waals surface area contributed by atoms with Crippen LogP contribution in [0, 0.1) is 13.8 Å². The summed E-state index contributed by atoms with van der Waals surface area (Å²) in [4.78, 5) is 4.04. The van der Waals surface area contributed by atoms with E-state index in [1.165, 1.54) is 18.6 Å². The maximum Gasteiger partial charge on any atom is 0.272 e. The summed E-state index contributed by atoms with van der Waals surface area (Å²) in [6.45, 7) is 8.08. The third-order valence-electron chi connectivity index (χ3n) is 3.09. The predicted molar refractivity (Wildman–Crippen MR) is 83.1 cm³/mol. The van der Waals surface area contributed by atoms with E-state index in [1.54, 1.807) is 13.0 Å². The van der Waals surface area contributed by atoms with Crippen molar-refractivity contribution in [3.8, 4) is 11.5 Å². The molecule has 120 valence electrons. The highest BCUT2D eigenvalue weighted by molar-refractivity contribution is 7.90. The van der Waals surface area contributed by atoms with Gasteiger partial charge in [-0.1, -0.05) is 0 Å².